The van der Waals surface area contributed by atoms with Crippen molar-refractivity contribution in [2.24, 2.45) is 0 Å². The average molecular weight is 533 g/mol. The lowest BCUT2D eigenvalue weighted by Crippen LogP contribution is -2.34. The molecule has 0 saturated heterocycles. The molecule has 3 aromatic carbocycles. The molecule has 0 spiro atoms. The van der Waals surface area contributed by atoms with Crippen molar-refractivity contribution in [3.05, 3.63) is 81.7 Å². The van der Waals surface area contributed by atoms with Crippen molar-refractivity contribution < 1.29 is 9.18 Å². The number of nitrogens with one attached hydrogen (secondary N) is 2. The highest BCUT2D eigenvalue weighted by atomic mass is 127. The lowest BCUT2D eigenvalue weighted by molar-refractivity contribution is 0.0977. The van der Waals surface area contributed by atoms with E-state index < -0.39 is 11.7 Å². The molecular formula is C21H13FIN3OS2. The molecule has 1 amide bonds. The molecule has 0 radical (unpaired) electrons. The maximum Gasteiger partial charge on any atom is 0.257 e. The minimum Gasteiger partial charge on any atom is -0.332 e. The number of amides is 1. The van der Waals surface area contributed by atoms with Gasteiger partial charge in [0, 0.05) is 14.7 Å². The number of aromatic nitrogens is 1. The maximum absolute atomic E-state index is 13.0. The second kappa shape index (κ2) is 8.52. The van der Waals surface area contributed by atoms with Crippen LogP contribution in [0.2, 0.25) is 0 Å². The number of hydrogen-bond donors (Lipinski definition) is 2. The van der Waals surface area contributed by atoms with Gasteiger partial charge in [0.2, 0.25) is 0 Å². The molecule has 0 atom stereocenters. The first-order valence-electron chi connectivity index (χ1n) is 8.53. The van der Waals surface area contributed by atoms with E-state index in [0.29, 0.717) is 5.56 Å². The number of hydrogen-bond acceptors (Lipinski definition) is 4. The molecule has 1 heterocycles. The quantitative estimate of drug-likeness (QED) is 0.257. The topological polar surface area (TPSA) is 54.0 Å². The number of thiocarbonyl (C=S) groups is 1. The third-order valence-electron chi connectivity index (χ3n) is 4.09. The average Bonchev–Trinajstić information content (AvgIpc) is 3.14. The van der Waals surface area contributed by atoms with E-state index in [1.54, 1.807) is 11.3 Å². The summed E-state index contributed by atoms with van der Waals surface area (Å²) in [4.78, 5) is 17.0. The normalized spacial score (nSPS) is 10.7. The lowest BCUT2D eigenvalue weighted by Gasteiger charge is -2.13. The van der Waals surface area contributed by atoms with E-state index in [0.717, 1.165) is 30.0 Å². The number of halogens is 2. The molecule has 4 nitrogen and oxygen atoms in total. The number of benzene rings is 3. The molecule has 0 aliphatic rings. The highest BCUT2D eigenvalue weighted by molar-refractivity contribution is 14.1. The number of nitrogens with zero attached hydrogens (tertiary/aromatic N) is 1. The Morgan fingerprint density at radius 1 is 1.07 bits per heavy atom. The van der Waals surface area contributed by atoms with E-state index in [-0.39, 0.29) is 5.11 Å². The zero-order valence-electron chi connectivity index (χ0n) is 14.8. The zero-order valence-corrected chi connectivity index (χ0v) is 18.6. The van der Waals surface area contributed by atoms with Gasteiger partial charge in [-0.3, -0.25) is 10.1 Å². The van der Waals surface area contributed by atoms with Crippen LogP contribution in [0.1, 0.15) is 10.4 Å². The van der Waals surface area contributed by atoms with Gasteiger partial charge in [-0.1, -0.05) is 12.1 Å². The Hall–Kier alpha value is -2.43. The summed E-state index contributed by atoms with van der Waals surface area (Å²) in [6, 6.07) is 19.1. The highest BCUT2D eigenvalue weighted by Crippen LogP contribution is 2.35. The molecule has 4 rings (SSSR count). The van der Waals surface area contributed by atoms with Gasteiger partial charge < -0.3 is 5.32 Å². The van der Waals surface area contributed by atoms with Gasteiger partial charge in [-0.2, -0.15) is 0 Å². The maximum atomic E-state index is 13.0. The van der Waals surface area contributed by atoms with E-state index in [4.69, 9.17) is 17.2 Å². The van der Waals surface area contributed by atoms with Crippen molar-refractivity contribution in [1.82, 2.24) is 10.3 Å². The van der Waals surface area contributed by atoms with Crippen LogP contribution in [0.3, 0.4) is 0 Å². The SMILES string of the molecule is O=C(NC(=S)Nc1ccc(I)cc1-c1nc2ccccc2s1)c1ccc(F)cc1. The Morgan fingerprint density at radius 2 is 1.83 bits per heavy atom. The summed E-state index contributed by atoms with van der Waals surface area (Å²) in [5.74, 6) is -0.809. The molecule has 2 N–H and O–H groups in total. The first kappa shape index (κ1) is 19.9. The molecule has 0 saturated carbocycles. The van der Waals surface area contributed by atoms with Crippen LogP contribution in [0.25, 0.3) is 20.8 Å². The Bertz CT molecular complexity index is 1190. The number of anilines is 1. The van der Waals surface area contributed by atoms with Crippen LogP contribution in [0.4, 0.5) is 10.1 Å². The largest absolute Gasteiger partial charge is 0.332 e. The summed E-state index contributed by atoms with van der Waals surface area (Å²) in [7, 11) is 0. The predicted molar refractivity (Wildman–Crippen MR) is 128 cm³/mol. The van der Waals surface area contributed by atoms with Crippen LogP contribution >= 0.6 is 46.1 Å². The lowest BCUT2D eigenvalue weighted by atomic mass is 10.2. The minimum atomic E-state index is -0.408. The van der Waals surface area contributed by atoms with Crippen LogP contribution in [0.15, 0.2) is 66.7 Å². The molecule has 0 bridgehead atoms. The Kier molecular flexibility index (Phi) is 5.84. The molecule has 29 heavy (non-hydrogen) atoms. The van der Waals surface area contributed by atoms with Crippen LogP contribution in [-0.4, -0.2) is 16.0 Å². The van der Waals surface area contributed by atoms with Crippen LogP contribution in [-0.2, 0) is 0 Å². The standard InChI is InChI=1S/C21H13FIN3OS2/c22-13-7-5-12(6-8-13)19(27)26-21(28)25-16-10-9-14(23)11-15(16)20-24-17-3-1-2-4-18(17)29-20/h1-11H,(H2,25,26,27,28). The van der Waals surface area contributed by atoms with Crippen molar-refractivity contribution >= 4 is 73.1 Å². The van der Waals surface area contributed by atoms with Gasteiger partial charge in [0.05, 0.1) is 15.9 Å². The van der Waals surface area contributed by atoms with Crippen LogP contribution in [0.5, 0.6) is 0 Å². The van der Waals surface area contributed by atoms with Crippen molar-refractivity contribution in [3.8, 4) is 10.6 Å². The smallest absolute Gasteiger partial charge is 0.257 e. The van der Waals surface area contributed by atoms with E-state index in [1.807, 2.05) is 42.5 Å². The fourth-order valence-corrected chi connectivity index (χ4v) is 4.41. The number of rotatable bonds is 3. The minimum absolute atomic E-state index is 0.155. The second-order valence-electron chi connectivity index (χ2n) is 6.09. The zero-order chi connectivity index (χ0) is 20.4. The Labute approximate surface area is 189 Å². The second-order valence-corrected chi connectivity index (χ2v) is 8.78. The Morgan fingerprint density at radius 3 is 2.59 bits per heavy atom. The molecule has 1 aromatic heterocycles. The van der Waals surface area contributed by atoms with Crippen molar-refractivity contribution in [1.29, 1.82) is 0 Å². The number of carbonyl (C=O) groups is 1. The first-order chi connectivity index (χ1) is 14.0. The fraction of sp³-hybridized carbons (Fsp3) is 0. The van der Waals surface area contributed by atoms with Gasteiger partial charge in [-0.25, -0.2) is 9.37 Å². The van der Waals surface area contributed by atoms with Crippen molar-refractivity contribution in [2.45, 2.75) is 0 Å². The summed E-state index contributed by atoms with van der Waals surface area (Å²) >= 11 is 9.15. The van der Waals surface area contributed by atoms with Crippen LogP contribution < -0.4 is 10.6 Å². The van der Waals surface area contributed by atoms with E-state index in [2.05, 4.69) is 33.2 Å². The highest BCUT2D eigenvalue weighted by Gasteiger charge is 2.14. The predicted octanol–water partition coefficient (Wildman–Crippen LogP) is 5.83. The van der Waals surface area contributed by atoms with Gasteiger partial charge in [0.1, 0.15) is 10.8 Å². The summed E-state index contributed by atoms with van der Waals surface area (Å²) in [6.45, 7) is 0. The van der Waals surface area contributed by atoms with E-state index >= 15 is 0 Å². The third kappa shape index (κ3) is 4.60. The molecule has 0 aliphatic carbocycles. The summed E-state index contributed by atoms with van der Waals surface area (Å²) in [5.41, 5.74) is 2.90. The number of para-hydroxylation sites is 1. The monoisotopic (exact) mass is 533 g/mol. The van der Waals surface area contributed by atoms with Gasteiger partial charge in [0.25, 0.3) is 5.91 Å². The molecular weight excluding hydrogens is 520 g/mol. The van der Waals surface area contributed by atoms with Gasteiger partial charge >= 0.3 is 0 Å². The summed E-state index contributed by atoms with van der Waals surface area (Å²) in [6.07, 6.45) is 0. The molecule has 4 aromatic rings. The van der Waals surface area contributed by atoms with Crippen LogP contribution in [0, 0.1) is 9.39 Å². The molecule has 144 valence electrons. The number of carbonyl (C=O) groups excluding carboxylic acids is 1. The molecule has 8 heteroatoms. The Balaban J connectivity index is 1.58. The summed E-state index contributed by atoms with van der Waals surface area (Å²) < 4.78 is 15.2. The molecule has 0 unspecified atom stereocenters. The van der Waals surface area contributed by atoms with Crippen molar-refractivity contribution in [3.63, 3.8) is 0 Å². The fourth-order valence-electron chi connectivity index (χ4n) is 2.72. The van der Waals surface area contributed by atoms with E-state index in [1.165, 1.54) is 24.3 Å². The first-order valence-corrected chi connectivity index (χ1v) is 10.8. The molecule has 0 aliphatic heterocycles. The van der Waals surface area contributed by atoms with E-state index in [9.17, 15) is 9.18 Å². The third-order valence-corrected chi connectivity index (χ3v) is 6.03. The summed E-state index contributed by atoms with van der Waals surface area (Å²) in [5, 5.41) is 6.72. The molecule has 0 fully saturated rings. The van der Waals surface area contributed by atoms with Gasteiger partial charge in [-0.05, 0) is 89.4 Å². The van der Waals surface area contributed by atoms with Gasteiger partial charge in [-0.15, -0.1) is 11.3 Å². The number of fused-ring (bicyclic) bond motifs is 1. The van der Waals surface area contributed by atoms with Gasteiger partial charge in [0.15, 0.2) is 5.11 Å². The number of thiazole rings is 1. The van der Waals surface area contributed by atoms with Crippen molar-refractivity contribution in [2.75, 3.05) is 5.32 Å².